The molecule has 2 aromatic carbocycles. The van der Waals surface area contributed by atoms with Crippen LogP contribution in [0.25, 0.3) is 10.8 Å². The zero-order chi connectivity index (χ0) is 13.2. The second kappa shape index (κ2) is 5.40. The second-order valence-electron chi connectivity index (χ2n) is 4.97. The van der Waals surface area contributed by atoms with Crippen LogP contribution in [0.3, 0.4) is 0 Å². The van der Waals surface area contributed by atoms with Crippen molar-refractivity contribution in [1.29, 1.82) is 0 Å². The van der Waals surface area contributed by atoms with Crippen molar-refractivity contribution in [1.82, 2.24) is 5.32 Å². The van der Waals surface area contributed by atoms with Crippen molar-refractivity contribution in [2.24, 2.45) is 0 Å². The van der Waals surface area contributed by atoms with Crippen LogP contribution in [0.5, 0.6) is 5.75 Å². The van der Waals surface area contributed by atoms with Gasteiger partial charge in [0.2, 0.25) is 0 Å². The summed E-state index contributed by atoms with van der Waals surface area (Å²) in [6.07, 6.45) is 2.13. The van der Waals surface area contributed by atoms with Gasteiger partial charge in [-0.25, -0.2) is 0 Å². The maximum atomic E-state index is 6.41. The van der Waals surface area contributed by atoms with Gasteiger partial charge in [0.25, 0.3) is 0 Å². The molecule has 2 nitrogen and oxygen atoms in total. The van der Waals surface area contributed by atoms with Crippen LogP contribution in [0.15, 0.2) is 30.3 Å². The van der Waals surface area contributed by atoms with Crippen molar-refractivity contribution >= 4 is 22.4 Å². The molecule has 0 aromatic heterocycles. The van der Waals surface area contributed by atoms with Gasteiger partial charge in [0, 0.05) is 33.8 Å². The molecule has 0 amide bonds. The molecular weight excluding hydrogens is 258 g/mol. The Balaban J connectivity index is 2.12. The molecule has 1 N–H and O–H groups in total. The summed E-state index contributed by atoms with van der Waals surface area (Å²) in [5, 5.41) is 6.58. The highest BCUT2D eigenvalue weighted by Gasteiger charge is 2.23. The first kappa shape index (κ1) is 12.8. The third-order valence-corrected chi connectivity index (χ3v) is 3.96. The molecule has 0 bridgehead atoms. The average molecular weight is 276 g/mol. The normalized spacial score (nSPS) is 18.1. The smallest absolute Gasteiger partial charge is 0.131 e. The molecular formula is C16H18ClNO. The molecule has 0 radical (unpaired) electrons. The van der Waals surface area contributed by atoms with Crippen molar-refractivity contribution in [3.8, 4) is 5.75 Å². The minimum Gasteiger partial charge on any atom is -0.493 e. The van der Waals surface area contributed by atoms with Crippen LogP contribution in [0.4, 0.5) is 0 Å². The molecule has 100 valence electrons. The number of nitrogens with one attached hydrogen (secondary N) is 1. The number of hydrogen-bond donors (Lipinski definition) is 1. The maximum absolute atomic E-state index is 6.41. The van der Waals surface area contributed by atoms with Crippen LogP contribution in [0.2, 0.25) is 5.02 Å². The first-order chi connectivity index (χ1) is 9.31. The lowest BCUT2D eigenvalue weighted by Gasteiger charge is -2.28. The lowest BCUT2D eigenvalue weighted by molar-refractivity contribution is 0.256. The Morgan fingerprint density at radius 3 is 2.89 bits per heavy atom. The molecule has 2 aromatic rings. The van der Waals surface area contributed by atoms with E-state index in [1.54, 1.807) is 0 Å². The van der Waals surface area contributed by atoms with E-state index >= 15 is 0 Å². The maximum Gasteiger partial charge on any atom is 0.131 e. The van der Waals surface area contributed by atoms with Gasteiger partial charge in [-0.3, -0.25) is 0 Å². The van der Waals surface area contributed by atoms with Crippen molar-refractivity contribution in [2.75, 3.05) is 13.2 Å². The van der Waals surface area contributed by atoms with Gasteiger partial charge in [0.05, 0.1) is 6.61 Å². The lowest BCUT2D eigenvalue weighted by Crippen LogP contribution is -2.27. The summed E-state index contributed by atoms with van der Waals surface area (Å²) in [6.45, 7) is 3.97. The van der Waals surface area contributed by atoms with Crippen LogP contribution in [-0.2, 0) is 0 Å². The number of ether oxygens (including phenoxy) is 1. The highest BCUT2D eigenvalue weighted by atomic mass is 35.5. The van der Waals surface area contributed by atoms with Gasteiger partial charge in [-0.15, -0.1) is 0 Å². The number of fused-ring (bicyclic) bond motifs is 3. The zero-order valence-electron chi connectivity index (χ0n) is 11.1. The third kappa shape index (κ3) is 2.31. The lowest BCUT2D eigenvalue weighted by atomic mass is 9.96. The van der Waals surface area contributed by atoms with Gasteiger partial charge in [-0.1, -0.05) is 42.8 Å². The van der Waals surface area contributed by atoms with Crippen molar-refractivity contribution in [2.45, 2.75) is 25.8 Å². The number of rotatable bonds is 3. The summed E-state index contributed by atoms with van der Waals surface area (Å²) < 4.78 is 5.90. The molecule has 0 spiro atoms. The molecule has 0 aliphatic carbocycles. The summed E-state index contributed by atoms with van der Waals surface area (Å²) in [4.78, 5) is 0. The monoisotopic (exact) mass is 275 g/mol. The van der Waals surface area contributed by atoms with E-state index in [1.807, 2.05) is 18.2 Å². The third-order valence-electron chi connectivity index (χ3n) is 3.64. The quantitative estimate of drug-likeness (QED) is 0.901. The predicted molar refractivity (Wildman–Crippen MR) is 80.1 cm³/mol. The molecule has 0 saturated heterocycles. The minimum atomic E-state index is 0.353. The fourth-order valence-corrected chi connectivity index (χ4v) is 2.99. The van der Waals surface area contributed by atoms with E-state index in [2.05, 4.69) is 24.4 Å². The van der Waals surface area contributed by atoms with Crippen LogP contribution >= 0.6 is 11.6 Å². The van der Waals surface area contributed by atoms with Gasteiger partial charge in [0.1, 0.15) is 5.75 Å². The largest absolute Gasteiger partial charge is 0.493 e. The van der Waals surface area contributed by atoms with Crippen molar-refractivity contribution in [3.05, 3.63) is 40.9 Å². The van der Waals surface area contributed by atoms with E-state index < -0.39 is 0 Å². The number of halogens is 1. The Kier molecular flexibility index (Phi) is 3.63. The zero-order valence-corrected chi connectivity index (χ0v) is 11.8. The topological polar surface area (TPSA) is 21.3 Å². The summed E-state index contributed by atoms with van der Waals surface area (Å²) in [5.74, 6) is 1.000. The van der Waals surface area contributed by atoms with Crippen LogP contribution in [0, 0.1) is 0 Å². The Bertz CT molecular complexity index is 597. The molecule has 19 heavy (non-hydrogen) atoms. The Morgan fingerprint density at radius 1 is 1.32 bits per heavy atom. The van der Waals surface area contributed by atoms with Crippen LogP contribution < -0.4 is 10.1 Å². The Labute approximate surface area is 118 Å². The first-order valence-electron chi connectivity index (χ1n) is 6.88. The fourth-order valence-electron chi connectivity index (χ4n) is 2.71. The van der Waals surface area contributed by atoms with Gasteiger partial charge >= 0.3 is 0 Å². The van der Waals surface area contributed by atoms with E-state index in [0.717, 1.165) is 47.5 Å². The van der Waals surface area contributed by atoms with Gasteiger partial charge in [0.15, 0.2) is 0 Å². The summed E-state index contributed by atoms with van der Waals surface area (Å²) in [5.41, 5.74) is 1.20. The highest BCUT2D eigenvalue weighted by molar-refractivity contribution is 6.36. The standard InChI is InChI=1S/C16H18ClNO/c1-2-8-18-15-7-9-19-16-12-6-4-3-5-11(12)14(17)10-13(15)16/h3-6,10,15,18H,2,7-9H2,1H3. The minimum absolute atomic E-state index is 0.353. The van der Waals surface area contributed by atoms with Crippen LogP contribution in [0.1, 0.15) is 31.4 Å². The van der Waals surface area contributed by atoms with E-state index in [9.17, 15) is 0 Å². The Morgan fingerprint density at radius 2 is 2.11 bits per heavy atom. The van der Waals surface area contributed by atoms with E-state index in [-0.39, 0.29) is 0 Å². The Hall–Kier alpha value is -1.25. The molecule has 1 unspecified atom stereocenters. The molecule has 3 heteroatoms. The van der Waals surface area contributed by atoms with Gasteiger partial charge in [-0.2, -0.15) is 0 Å². The first-order valence-corrected chi connectivity index (χ1v) is 7.26. The molecule has 0 saturated carbocycles. The molecule has 1 aliphatic rings. The van der Waals surface area contributed by atoms with Gasteiger partial charge in [-0.05, 0) is 19.0 Å². The molecule has 1 atom stereocenters. The molecule has 1 heterocycles. The van der Waals surface area contributed by atoms with Crippen molar-refractivity contribution in [3.63, 3.8) is 0 Å². The van der Waals surface area contributed by atoms with Gasteiger partial charge < -0.3 is 10.1 Å². The SMILES string of the molecule is CCCNC1CCOc2c1cc(Cl)c1ccccc21. The second-order valence-corrected chi connectivity index (χ2v) is 5.37. The summed E-state index contributed by atoms with van der Waals surface area (Å²) in [6, 6.07) is 10.6. The molecule has 1 aliphatic heterocycles. The number of benzene rings is 2. The molecule has 0 fully saturated rings. The number of hydrogen-bond acceptors (Lipinski definition) is 2. The summed E-state index contributed by atoms with van der Waals surface area (Å²) in [7, 11) is 0. The van der Waals surface area contributed by atoms with E-state index in [4.69, 9.17) is 16.3 Å². The average Bonchev–Trinajstić information content (AvgIpc) is 2.46. The highest BCUT2D eigenvalue weighted by Crippen LogP contribution is 2.41. The molecule has 3 rings (SSSR count). The predicted octanol–water partition coefficient (Wildman–Crippen LogP) is 4.32. The van der Waals surface area contributed by atoms with Crippen molar-refractivity contribution < 1.29 is 4.74 Å². The van der Waals surface area contributed by atoms with E-state index in [1.165, 1.54) is 5.56 Å². The van der Waals surface area contributed by atoms with Crippen LogP contribution in [-0.4, -0.2) is 13.2 Å². The fraction of sp³-hybridized carbons (Fsp3) is 0.375. The van der Waals surface area contributed by atoms with E-state index in [0.29, 0.717) is 6.04 Å². The summed E-state index contributed by atoms with van der Waals surface area (Å²) >= 11 is 6.41.